The quantitative estimate of drug-likeness (QED) is 0.314. The highest BCUT2D eigenvalue weighted by Gasteiger charge is 2.47. The molecule has 33 heavy (non-hydrogen) atoms. The van der Waals surface area contributed by atoms with Crippen molar-refractivity contribution < 1.29 is 23.8 Å². The van der Waals surface area contributed by atoms with Gasteiger partial charge in [0.25, 0.3) is 11.7 Å². The third-order valence-electron chi connectivity index (χ3n) is 5.11. The third-order valence-corrected chi connectivity index (χ3v) is 5.39. The van der Waals surface area contributed by atoms with Crippen molar-refractivity contribution in [1.82, 2.24) is 4.98 Å². The first-order chi connectivity index (χ1) is 15.8. The Morgan fingerprint density at radius 2 is 1.94 bits per heavy atom. The van der Waals surface area contributed by atoms with Crippen molar-refractivity contribution in [1.29, 1.82) is 0 Å². The molecule has 0 bridgehead atoms. The van der Waals surface area contributed by atoms with E-state index in [0.717, 1.165) is 6.07 Å². The number of aromatic nitrogens is 1. The Morgan fingerprint density at radius 1 is 1.15 bits per heavy atom. The lowest BCUT2D eigenvalue weighted by Crippen LogP contribution is -2.29. The lowest BCUT2D eigenvalue weighted by molar-refractivity contribution is -0.132. The Kier molecular flexibility index (Phi) is 6.16. The van der Waals surface area contributed by atoms with Crippen LogP contribution in [0.2, 0.25) is 5.02 Å². The monoisotopic (exact) mass is 466 g/mol. The number of Topliss-reactive ketones (excluding diaryl/α,β-unsaturated/α-hetero) is 1. The number of aliphatic hydroxyl groups is 1. The average molecular weight is 467 g/mol. The molecule has 1 aliphatic heterocycles. The van der Waals surface area contributed by atoms with Crippen LogP contribution >= 0.6 is 11.6 Å². The first-order valence-corrected chi connectivity index (χ1v) is 10.6. The lowest BCUT2D eigenvalue weighted by atomic mass is 9.96. The van der Waals surface area contributed by atoms with Gasteiger partial charge in [0.05, 0.1) is 22.7 Å². The number of rotatable bonds is 5. The van der Waals surface area contributed by atoms with Crippen molar-refractivity contribution in [3.63, 3.8) is 0 Å². The van der Waals surface area contributed by atoms with Crippen LogP contribution in [0.25, 0.3) is 5.76 Å². The number of amides is 1. The number of aliphatic hydroxyl groups excluding tert-OH is 1. The first kappa shape index (κ1) is 22.5. The Hall–Kier alpha value is -3.71. The fourth-order valence-corrected chi connectivity index (χ4v) is 3.91. The van der Waals surface area contributed by atoms with E-state index in [2.05, 4.69) is 4.98 Å². The van der Waals surface area contributed by atoms with Gasteiger partial charge in [0.2, 0.25) is 0 Å². The number of hydrogen-bond acceptors (Lipinski definition) is 5. The molecule has 168 valence electrons. The summed E-state index contributed by atoms with van der Waals surface area (Å²) in [6.07, 6.45) is 2.96. The zero-order valence-electron chi connectivity index (χ0n) is 17.8. The molecule has 0 radical (unpaired) electrons. The minimum atomic E-state index is -0.991. The van der Waals surface area contributed by atoms with Gasteiger partial charge >= 0.3 is 0 Å². The number of benzene rings is 2. The highest BCUT2D eigenvalue weighted by atomic mass is 35.5. The SMILES string of the molecule is CC(C)Oc1cccc(/C(O)=C2\C(=O)C(=O)N(c3ccc(F)c(Cl)c3)C2c2cccnc2)c1. The number of halogens is 2. The molecule has 1 aliphatic rings. The summed E-state index contributed by atoms with van der Waals surface area (Å²) in [5.41, 5.74) is 0.911. The van der Waals surface area contributed by atoms with Crippen molar-refractivity contribution in [2.75, 3.05) is 4.90 Å². The second-order valence-corrected chi connectivity index (χ2v) is 8.16. The Balaban J connectivity index is 1.90. The minimum absolute atomic E-state index is 0.0911. The van der Waals surface area contributed by atoms with E-state index in [1.54, 1.807) is 42.6 Å². The zero-order valence-corrected chi connectivity index (χ0v) is 18.6. The maximum Gasteiger partial charge on any atom is 0.300 e. The summed E-state index contributed by atoms with van der Waals surface area (Å²) < 4.78 is 19.4. The van der Waals surface area contributed by atoms with Crippen molar-refractivity contribution in [3.05, 3.63) is 94.5 Å². The normalized spacial score (nSPS) is 17.6. The van der Waals surface area contributed by atoms with Gasteiger partial charge in [-0.1, -0.05) is 29.8 Å². The van der Waals surface area contributed by atoms with Crippen molar-refractivity contribution >= 4 is 34.7 Å². The maximum atomic E-state index is 13.8. The van der Waals surface area contributed by atoms with Crippen LogP contribution in [0.15, 0.2) is 72.6 Å². The van der Waals surface area contributed by atoms with E-state index in [4.69, 9.17) is 16.3 Å². The van der Waals surface area contributed by atoms with Crippen LogP contribution in [0.3, 0.4) is 0 Å². The summed E-state index contributed by atoms with van der Waals surface area (Å²) in [6, 6.07) is 12.7. The smallest absolute Gasteiger partial charge is 0.300 e. The first-order valence-electron chi connectivity index (χ1n) is 10.2. The summed E-state index contributed by atoms with van der Waals surface area (Å²) in [7, 11) is 0. The summed E-state index contributed by atoms with van der Waals surface area (Å²) in [4.78, 5) is 31.5. The topological polar surface area (TPSA) is 79.7 Å². The van der Waals surface area contributed by atoms with Crippen LogP contribution in [0, 0.1) is 5.82 Å². The van der Waals surface area contributed by atoms with Crippen LogP contribution in [-0.4, -0.2) is 27.9 Å². The molecule has 1 N–H and O–H groups in total. The van der Waals surface area contributed by atoms with Crippen molar-refractivity contribution in [2.45, 2.75) is 26.0 Å². The molecule has 1 amide bonds. The van der Waals surface area contributed by atoms with Gasteiger partial charge in [-0.15, -0.1) is 0 Å². The van der Waals surface area contributed by atoms with Gasteiger partial charge < -0.3 is 9.84 Å². The van der Waals surface area contributed by atoms with Crippen molar-refractivity contribution in [2.24, 2.45) is 0 Å². The van der Waals surface area contributed by atoms with Gasteiger partial charge in [-0.3, -0.25) is 19.5 Å². The molecule has 1 aromatic heterocycles. The largest absolute Gasteiger partial charge is 0.507 e. The molecule has 6 nitrogen and oxygen atoms in total. The molecule has 1 saturated heterocycles. The molecule has 0 saturated carbocycles. The highest BCUT2D eigenvalue weighted by molar-refractivity contribution is 6.51. The average Bonchev–Trinajstić information content (AvgIpc) is 3.06. The Bertz CT molecular complexity index is 1260. The summed E-state index contributed by atoms with van der Waals surface area (Å²) in [6.45, 7) is 3.74. The molecule has 4 rings (SSSR count). The second kappa shape index (κ2) is 9.03. The van der Waals surface area contributed by atoms with Crippen LogP contribution in [-0.2, 0) is 9.59 Å². The van der Waals surface area contributed by atoms with E-state index in [1.165, 1.54) is 23.2 Å². The fourth-order valence-electron chi connectivity index (χ4n) is 3.73. The van der Waals surface area contributed by atoms with Crippen LogP contribution in [0.5, 0.6) is 5.75 Å². The molecule has 3 aromatic rings. The molecule has 1 fully saturated rings. The Labute approximate surface area is 194 Å². The third kappa shape index (κ3) is 4.32. The summed E-state index contributed by atoms with van der Waals surface area (Å²) in [5.74, 6) is -2.25. The van der Waals surface area contributed by atoms with Crippen LogP contribution in [0.4, 0.5) is 10.1 Å². The molecular formula is C25H20ClFN2O4. The molecule has 0 aliphatic carbocycles. The van der Waals surface area contributed by atoms with Gasteiger partial charge in [-0.2, -0.15) is 0 Å². The van der Waals surface area contributed by atoms with Crippen LogP contribution < -0.4 is 9.64 Å². The number of ketones is 1. The Morgan fingerprint density at radius 3 is 2.61 bits per heavy atom. The molecule has 2 heterocycles. The molecule has 1 atom stereocenters. The minimum Gasteiger partial charge on any atom is -0.507 e. The molecule has 0 spiro atoms. The van der Waals surface area contributed by atoms with Gasteiger partial charge in [0.15, 0.2) is 0 Å². The van der Waals surface area contributed by atoms with Gasteiger partial charge in [0, 0.05) is 23.6 Å². The number of nitrogens with zero attached hydrogens (tertiary/aromatic N) is 2. The van der Waals surface area contributed by atoms with Crippen LogP contribution in [0.1, 0.15) is 31.0 Å². The number of carbonyl (C=O) groups is 2. The molecule has 8 heteroatoms. The number of ether oxygens (including phenoxy) is 1. The zero-order chi connectivity index (χ0) is 23.7. The second-order valence-electron chi connectivity index (χ2n) is 7.75. The summed E-state index contributed by atoms with van der Waals surface area (Å²) >= 11 is 5.94. The maximum absolute atomic E-state index is 13.8. The van der Waals surface area contributed by atoms with Gasteiger partial charge in [0.1, 0.15) is 17.3 Å². The predicted molar refractivity (Wildman–Crippen MR) is 123 cm³/mol. The lowest BCUT2D eigenvalue weighted by Gasteiger charge is -2.25. The van der Waals surface area contributed by atoms with E-state index in [9.17, 15) is 19.1 Å². The number of anilines is 1. The van der Waals surface area contributed by atoms with E-state index < -0.39 is 23.5 Å². The van der Waals surface area contributed by atoms with E-state index >= 15 is 0 Å². The van der Waals surface area contributed by atoms with E-state index in [-0.39, 0.29) is 28.1 Å². The molecular weight excluding hydrogens is 447 g/mol. The number of hydrogen-bond donors (Lipinski definition) is 1. The van der Waals surface area contributed by atoms with Gasteiger partial charge in [-0.25, -0.2) is 4.39 Å². The van der Waals surface area contributed by atoms with Gasteiger partial charge in [-0.05, 0) is 55.8 Å². The van der Waals surface area contributed by atoms with E-state index in [0.29, 0.717) is 16.9 Å². The number of carbonyl (C=O) groups excluding carboxylic acids is 2. The highest BCUT2D eigenvalue weighted by Crippen LogP contribution is 2.42. The fraction of sp³-hybridized carbons (Fsp3) is 0.160. The van der Waals surface area contributed by atoms with E-state index in [1.807, 2.05) is 13.8 Å². The number of pyridine rings is 1. The molecule has 2 aromatic carbocycles. The van der Waals surface area contributed by atoms with Crippen molar-refractivity contribution in [3.8, 4) is 5.75 Å². The molecule has 1 unspecified atom stereocenters. The standard InChI is InChI=1S/C25H20ClFN2O4/c1-14(2)33-18-7-3-5-15(11-18)23(30)21-22(16-6-4-10-28-13-16)29(25(32)24(21)31)17-8-9-20(27)19(26)12-17/h3-14,22,30H,1-2H3/b23-21+. The summed E-state index contributed by atoms with van der Waals surface area (Å²) in [5, 5.41) is 11.0. The predicted octanol–water partition coefficient (Wildman–Crippen LogP) is 5.29.